The van der Waals surface area contributed by atoms with Crippen molar-refractivity contribution in [3.63, 3.8) is 0 Å². The highest BCUT2D eigenvalue weighted by Gasteiger charge is 2.12. The molecule has 0 spiro atoms. The van der Waals surface area contributed by atoms with Gasteiger partial charge in [0, 0.05) is 30.3 Å². The Labute approximate surface area is 192 Å². The Hall–Kier alpha value is -3.56. The van der Waals surface area contributed by atoms with Gasteiger partial charge in [-0.25, -0.2) is 9.97 Å². The Balaban J connectivity index is 1.65. The number of aromatic hydroxyl groups is 1. The molecule has 3 N–H and O–H groups in total. The lowest BCUT2D eigenvalue weighted by atomic mass is 10.1. The average Bonchev–Trinajstić information content (AvgIpc) is 2.83. The van der Waals surface area contributed by atoms with Gasteiger partial charge in [0.05, 0.1) is 12.2 Å². The van der Waals surface area contributed by atoms with Crippen LogP contribution in [0, 0.1) is 0 Å². The van der Waals surface area contributed by atoms with Crippen LogP contribution in [-0.2, 0) is 4.74 Å². The van der Waals surface area contributed by atoms with Crippen molar-refractivity contribution < 1.29 is 24.5 Å². The number of Topliss-reactive ketones (excluding diaryl/α,β-unsaturated/α-hetero) is 1. The number of hydrogen-bond donors (Lipinski definition) is 3. The van der Waals surface area contributed by atoms with Crippen LogP contribution in [0.3, 0.4) is 0 Å². The molecule has 0 aliphatic rings. The van der Waals surface area contributed by atoms with Crippen LogP contribution in [0.5, 0.6) is 11.5 Å². The van der Waals surface area contributed by atoms with E-state index >= 15 is 0 Å². The molecule has 0 aliphatic carbocycles. The molecule has 0 saturated heterocycles. The maximum absolute atomic E-state index is 11.8. The molecule has 33 heavy (non-hydrogen) atoms. The molecule has 0 radical (unpaired) electrons. The summed E-state index contributed by atoms with van der Waals surface area (Å²) < 4.78 is 10.8. The average molecular weight is 453 g/mol. The molecular weight excluding hydrogens is 424 g/mol. The van der Waals surface area contributed by atoms with Gasteiger partial charge in [0.2, 0.25) is 5.95 Å². The Kier molecular flexibility index (Phi) is 8.68. The van der Waals surface area contributed by atoms with E-state index in [0.717, 1.165) is 6.42 Å². The number of carbonyl (C=O) groups excluding carboxylic acids is 1. The predicted molar refractivity (Wildman–Crippen MR) is 124 cm³/mol. The van der Waals surface area contributed by atoms with Crippen LogP contribution in [0.25, 0.3) is 11.4 Å². The minimum absolute atomic E-state index is 0.0466. The summed E-state index contributed by atoms with van der Waals surface area (Å²) in [6.45, 7) is 4.63. The second-order valence-corrected chi connectivity index (χ2v) is 7.33. The number of nitrogens with one attached hydrogen (secondary N) is 1. The van der Waals surface area contributed by atoms with Crippen molar-refractivity contribution in [3.05, 3.63) is 54.4 Å². The van der Waals surface area contributed by atoms with Gasteiger partial charge in [-0.1, -0.05) is 13.8 Å². The van der Waals surface area contributed by atoms with E-state index < -0.39 is 6.10 Å². The summed E-state index contributed by atoms with van der Waals surface area (Å²) in [7, 11) is 0. The number of hydrogen-bond acceptors (Lipinski definition) is 9. The van der Waals surface area contributed by atoms with Gasteiger partial charge >= 0.3 is 0 Å². The van der Waals surface area contributed by atoms with E-state index in [2.05, 4.69) is 20.3 Å². The molecule has 9 nitrogen and oxygen atoms in total. The van der Waals surface area contributed by atoms with Gasteiger partial charge in [0.25, 0.3) is 0 Å². The van der Waals surface area contributed by atoms with Crippen molar-refractivity contribution in [1.82, 2.24) is 15.0 Å². The van der Waals surface area contributed by atoms with Crippen LogP contribution < -0.4 is 10.1 Å². The molecule has 0 amide bonds. The van der Waals surface area contributed by atoms with E-state index in [0.29, 0.717) is 41.5 Å². The van der Waals surface area contributed by atoms with Gasteiger partial charge in [-0.05, 0) is 42.8 Å². The first kappa shape index (κ1) is 24.1. The maximum Gasteiger partial charge on any atom is 0.230 e. The van der Waals surface area contributed by atoms with E-state index in [9.17, 15) is 15.0 Å². The minimum atomic E-state index is -0.760. The summed E-state index contributed by atoms with van der Waals surface area (Å²) in [5.41, 5.74) is 1.77. The van der Waals surface area contributed by atoms with Crippen molar-refractivity contribution in [1.29, 1.82) is 0 Å². The van der Waals surface area contributed by atoms with Gasteiger partial charge < -0.3 is 25.0 Å². The molecule has 1 heterocycles. The molecule has 0 fully saturated rings. The van der Waals surface area contributed by atoms with Gasteiger partial charge in [0.1, 0.15) is 30.5 Å². The van der Waals surface area contributed by atoms with Crippen LogP contribution in [-0.4, -0.2) is 56.9 Å². The number of phenolic OH excluding ortho intramolecular Hbond substituents is 1. The number of anilines is 2. The van der Waals surface area contributed by atoms with E-state index in [1.54, 1.807) is 36.4 Å². The number of aliphatic hydroxyl groups excluding tert-OH is 1. The highest BCUT2D eigenvalue weighted by atomic mass is 16.5. The molecule has 3 rings (SSSR count). The molecule has 9 heteroatoms. The van der Waals surface area contributed by atoms with Crippen LogP contribution in [0.15, 0.2) is 48.8 Å². The first-order valence-corrected chi connectivity index (χ1v) is 10.8. The molecular formula is C24H28N4O5. The van der Waals surface area contributed by atoms with Crippen LogP contribution >= 0.6 is 0 Å². The first-order chi connectivity index (χ1) is 16.0. The number of carbonyl (C=O) groups is 1. The zero-order valence-electron chi connectivity index (χ0n) is 18.7. The second-order valence-electron chi connectivity index (χ2n) is 7.33. The highest BCUT2D eigenvalue weighted by molar-refractivity contribution is 5.96. The third-order valence-corrected chi connectivity index (χ3v) is 4.67. The number of benzene rings is 2. The van der Waals surface area contributed by atoms with Gasteiger partial charge in [-0.3, -0.25) is 4.79 Å². The van der Waals surface area contributed by atoms with Gasteiger partial charge in [-0.2, -0.15) is 4.98 Å². The SMILES string of the molecule is CCCOCC(O)COc1ccc(-c2ncnc(Nc3ccc(C(=O)CC)cc3)n2)c(O)c1. The topological polar surface area (TPSA) is 127 Å². The minimum Gasteiger partial charge on any atom is -0.507 e. The normalized spacial score (nSPS) is 11.7. The number of rotatable bonds is 12. The van der Waals surface area contributed by atoms with Crippen molar-refractivity contribution in [2.24, 2.45) is 0 Å². The van der Waals surface area contributed by atoms with Crippen molar-refractivity contribution >= 4 is 17.4 Å². The number of ether oxygens (including phenoxy) is 2. The summed E-state index contributed by atoms with van der Waals surface area (Å²) in [6, 6.07) is 11.8. The zero-order valence-corrected chi connectivity index (χ0v) is 18.7. The number of aliphatic hydroxyl groups is 1. The molecule has 0 aliphatic heterocycles. The van der Waals surface area contributed by atoms with Crippen molar-refractivity contribution in [3.8, 4) is 22.9 Å². The second kappa shape index (κ2) is 11.9. The molecule has 0 bridgehead atoms. The van der Waals surface area contributed by atoms with E-state index in [-0.39, 0.29) is 30.6 Å². The van der Waals surface area contributed by atoms with Crippen LogP contribution in [0.4, 0.5) is 11.6 Å². The van der Waals surface area contributed by atoms with Crippen molar-refractivity contribution in [2.45, 2.75) is 32.8 Å². The van der Waals surface area contributed by atoms with Gasteiger partial charge in [-0.15, -0.1) is 0 Å². The quantitative estimate of drug-likeness (QED) is 0.278. The Bertz CT molecular complexity index is 1060. The lowest BCUT2D eigenvalue weighted by Gasteiger charge is -2.13. The summed E-state index contributed by atoms with van der Waals surface area (Å²) >= 11 is 0. The Morgan fingerprint density at radius 1 is 1.09 bits per heavy atom. The monoisotopic (exact) mass is 452 g/mol. The summed E-state index contributed by atoms with van der Waals surface area (Å²) in [6.07, 6.45) is 1.91. The smallest absolute Gasteiger partial charge is 0.230 e. The van der Waals surface area contributed by atoms with E-state index in [1.165, 1.54) is 12.4 Å². The van der Waals surface area contributed by atoms with Gasteiger partial charge in [0.15, 0.2) is 11.6 Å². The number of nitrogens with zero attached hydrogens (tertiary/aromatic N) is 3. The third kappa shape index (κ3) is 6.96. The molecule has 3 aromatic rings. The first-order valence-electron chi connectivity index (χ1n) is 10.8. The van der Waals surface area contributed by atoms with E-state index in [1.807, 2.05) is 13.8 Å². The van der Waals surface area contributed by atoms with Crippen molar-refractivity contribution in [2.75, 3.05) is 25.1 Å². The summed E-state index contributed by atoms with van der Waals surface area (Å²) in [4.78, 5) is 24.4. The number of aromatic nitrogens is 3. The number of phenols is 1. The van der Waals surface area contributed by atoms with E-state index in [4.69, 9.17) is 9.47 Å². The maximum atomic E-state index is 11.8. The molecule has 0 saturated carbocycles. The van der Waals surface area contributed by atoms with Crippen LogP contribution in [0.2, 0.25) is 0 Å². The molecule has 2 aromatic carbocycles. The lowest BCUT2D eigenvalue weighted by molar-refractivity contribution is 0.0123. The Morgan fingerprint density at radius 2 is 1.88 bits per heavy atom. The largest absolute Gasteiger partial charge is 0.507 e. The fourth-order valence-corrected chi connectivity index (χ4v) is 2.95. The summed E-state index contributed by atoms with van der Waals surface area (Å²) in [5.74, 6) is 0.988. The predicted octanol–water partition coefficient (Wildman–Crippen LogP) is 3.75. The molecule has 1 atom stereocenters. The molecule has 1 unspecified atom stereocenters. The third-order valence-electron chi connectivity index (χ3n) is 4.67. The highest BCUT2D eigenvalue weighted by Crippen LogP contribution is 2.30. The lowest BCUT2D eigenvalue weighted by Crippen LogP contribution is -2.23. The fraction of sp³-hybridized carbons (Fsp3) is 0.333. The Morgan fingerprint density at radius 3 is 2.58 bits per heavy atom. The van der Waals surface area contributed by atoms with Crippen LogP contribution in [0.1, 0.15) is 37.0 Å². The fourth-order valence-electron chi connectivity index (χ4n) is 2.95. The standard InChI is InChI=1S/C24H28N4O5/c1-3-11-32-13-18(29)14-33-19-9-10-20(22(31)12-19)23-25-15-26-24(28-23)27-17-7-5-16(6-8-17)21(30)4-2/h5-10,12,15,18,29,31H,3-4,11,13-14H2,1-2H3,(H,25,26,27,28). The molecule has 174 valence electrons. The molecule has 1 aromatic heterocycles. The number of ketones is 1. The summed E-state index contributed by atoms with van der Waals surface area (Å²) in [5, 5.41) is 23.4. The zero-order chi connectivity index (χ0) is 23.6.